The van der Waals surface area contributed by atoms with Crippen molar-refractivity contribution in [1.82, 2.24) is 15.2 Å². The minimum atomic E-state index is -0.345. The summed E-state index contributed by atoms with van der Waals surface area (Å²) in [5.41, 5.74) is 2.16. The van der Waals surface area contributed by atoms with Crippen LogP contribution in [0, 0.1) is 6.92 Å². The summed E-state index contributed by atoms with van der Waals surface area (Å²) in [7, 11) is 0. The van der Waals surface area contributed by atoms with Gasteiger partial charge in [-0.25, -0.2) is 0 Å². The molecule has 6 nitrogen and oxygen atoms in total. The predicted molar refractivity (Wildman–Crippen MR) is 104 cm³/mol. The molecule has 0 saturated carbocycles. The van der Waals surface area contributed by atoms with Crippen LogP contribution in [0.4, 0.5) is 5.69 Å². The zero-order chi connectivity index (χ0) is 18.5. The van der Waals surface area contributed by atoms with Gasteiger partial charge in [-0.15, -0.1) is 10.2 Å². The highest BCUT2D eigenvalue weighted by molar-refractivity contribution is 7.99. The maximum Gasteiger partial charge on any atom is 0.278 e. The molecule has 0 aliphatic carbocycles. The van der Waals surface area contributed by atoms with E-state index in [0.717, 1.165) is 17.3 Å². The Morgan fingerprint density at radius 1 is 1.19 bits per heavy atom. The number of aromatic amines is 1. The Bertz CT molecular complexity index is 992. The Kier molecular flexibility index (Phi) is 5.70. The molecule has 1 aromatic heterocycles. The number of hydrogen-bond acceptors (Lipinski definition) is 5. The van der Waals surface area contributed by atoms with E-state index in [9.17, 15) is 9.59 Å². The normalized spacial score (nSPS) is 10.5. The number of amides is 1. The molecule has 0 fully saturated rings. The number of benzene rings is 2. The Balaban J connectivity index is 1.63. The molecule has 0 bridgehead atoms. The van der Waals surface area contributed by atoms with Gasteiger partial charge in [-0.1, -0.05) is 53.7 Å². The summed E-state index contributed by atoms with van der Waals surface area (Å²) in [6, 6.07) is 14.3. The topological polar surface area (TPSA) is 87.7 Å². The van der Waals surface area contributed by atoms with Gasteiger partial charge in [0.05, 0.1) is 5.75 Å². The van der Waals surface area contributed by atoms with Crippen molar-refractivity contribution in [3.8, 4) is 11.3 Å². The summed E-state index contributed by atoms with van der Waals surface area (Å²) < 4.78 is 0. The molecule has 2 N–H and O–H groups in total. The molecule has 0 atom stereocenters. The predicted octanol–water partition coefficient (Wildman–Crippen LogP) is 3.52. The monoisotopic (exact) mass is 386 g/mol. The van der Waals surface area contributed by atoms with Crippen LogP contribution in [0.5, 0.6) is 0 Å². The Morgan fingerprint density at radius 3 is 2.65 bits per heavy atom. The second-order valence-corrected chi connectivity index (χ2v) is 6.87. The third-order valence-electron chi connectivity index (χ3n) is 3.53. The number of H-pyrrole nitrogens is 1. The van der Waals surface area contributed by atoms with Crippen molar-refractivity contribution in [1.29, 1.82) is 0 Å². The van der Waals surface area contributed by atoms with E-state index >= 15 is 0 Å². The number of carbonyl (C=O) groups is 1. The average Bonchev–Trinajstić information content (AvgIpc) is 2.63. The molecule has 0 saturated heterocycles. The lowest BCUT2D eigenvalue weighted by Gasteiger charge is -2.08. The molecular formula is C18H15ClN4O2S. The molecule has 3 aromatic rings. The van der Waals surface area contributed by atoms with Crippen molar-refractivity contribution in [3.05, 3.63) is 69.5 Å². The molecule has 8 heteroatoms. The van der Waals surface area contributed by atoms with E-state index in [0.29, 0.717) is 16.3 Å². The quantitative estimate of drug-likeness (QED) is 0.655. The van der Waals surface area contributed by atoms with Crippen LogP contribution in [0.2, 0.25) is 5.02 Å². The third-order valence-corrected chi connectivity index (χ3v) is 4.62. The number of aromatic nitrogens is 3. The second-order valence-electron chi connectivity index (χ2n) is 5.47. The lowest BCUT2D eigenvalue weighted by Crippen LogP contribution is -2.17. The van der Waals surface area contributed by atoms with Crippen LogP contribution in [0.25, 0.3) is 11.3 Å². The number of carbonyl (C=O) groups excluding carboxylic acids is 1. The van der Waals surface area contributed by atoms with Gasteiger partial charge >= 0.3 is 0 Å². The lowest BCUT2D eigenvalue weighted by molar-refractivity contribution is -0.113. The fourth-order valence-corrected chi connectivity index (χ4v) is 3.09. The van der Waals surface area contributed by atoms with Crippen molar-refractivity contribution in [3.63, 3.8) is 0 Å². The zero-order valence-electron chi connectivity index (χ0n) is 13.8. The number of nitrogens with one attached hydrogen (secondary N) is 2. The van der Waals surface area contributed by atoms with Gasteiger partial charge in [-0.2, -0.15) is 0 Å². The summed E-state index contributed by atoms with van der Waals surface area (Å²) in [6.45, 7) is 1.86. The van der Waals surface area contributed by atoms with Crippen LogP contribution >= 0.6 is 23.4 Å². The van der Waals surface area contributed by atoms with Crippen LogP contribution in [0.15, 0.2) is 58.5 Å². The molecule has 2 aromatic carbocycles. The van der Waals surface area contributed by atoms with Crippen molar-refractivity contribution >= 4 is 35.0 Å². The van der Waals surface area contributed by atoms with E-state index in [4.69, 9.17) is 11.6 Å². The lowest BCUT2D eigenvalue weighted by atomic mass is 10.2. The molecule has 0 spiro atoms. The van der Waals surface area contributed by atoms with Crippen molar-refractivity contribution in [2.75, 3.05) is 11.1 Å². The highest BCUT2D eigenvalue weighted by Crippen LogP contribution is 2.20. The first-order valence-corrected chi connectivity index (χ1v) is 9.10. The molecule has 0 aliphatic rings. The Labute approximate surface area is 159 Å². The first-order valence-electron chi connectivity index (χ1n) is 7.74. The fourth-order valence-electron chi connectivity index (χ4n) is 2.26. The van der Waals surface area contributed by atoms with Gasteiger partial charge in [0.1, 0.15) is 0 Å². The molecule has 1 amide bonds. The third kappa shape index (κ3) is 4.50. The molecule has 3 rings (SSSR count). The summed E-state index contributed by atoms with van der Waals surface area (Å²) in [5, 5.41) is 11.7. The molecular weight excluding hydrogens is 372 g/mol. The molecule has 1 heterocycles. The first-order chi connectivity index (χ1) is 12.5. The van der Waals surface area contributed by atoms with Crippen molar-refractivity contribution < 1.29 is 4.79 Å². The van der Waals surface area contributed by atoms with Crippen LogP contribution < -0.4 is 10.9 Å². The van der Waals surface area contributed by atoms with Crippen molar-refractivity contribution in [2.45, 2.75) is 12.1 Å². The SMILES string of the molecule is Cc1cc(Cl)ccc1NC(=O)CSc1nnc(-c2ccccc2)c(=O)[nH]1. The van der Waals surface area contributed by atoms with E-state index in [1.807, 2.05) is 25.1 Å². The van der Waals surface area contributed by atoms with Gasteiger partial charge in [0.2, 0.25) is 5.91 Å². The minimum absolute atomic E-state index is 0.0946. The first kappa shape index (κ1) is 18.2. The maximum atomic E-state index is 12.2. The summed E-state index contributed by atoms with van der Waals surface area (Å²) in [5.74, 6) is -0.118. The second kappa shape index (κ2) is 8.16. The van der Waals surface area contributed by atoms with E-state index < -0.39 is 0 Å². The van der Waals surface area contributed by atoms with E-state index in [-0.39, 0.29) is 28.1 Å². The van der Waals surface area contributed by atoms with E-state index in [1.54, 1.807) is 30.3 Å². The average molecular weight is 387 g/mol. The summed E-state index contributed by atoms with van der Waals surface area (Å²) in [6.07, 6.45) is 0. The van der Waals surface area contributed by atoms with Gasteiger partial charge in [-0.05, 0) is 30.7 Å². The number of thioether (sulfide) groups is 1. The largest absolute Gasteiger partial charge is 0.325 e. The summed E-state index contributed by atoms with van der Waals surface area (Å²) >= 11 is 7.01. The molecule has 0 aliphatic heterocycles. The summed E-state index contributed by atoms with van der Waals surface area (Å²) in [4.78, 5) is 26.9. The van der Waals surface area contributed by atoms with Gasteiger partial charge in [-0.3, -0.25) is 14.6 Å². The fraction of sp³-hybridized carbons (Fsp3) is 0.111. The number of aryl methyl sites for hydroxylation is 1. The van der Waals surface area contributed by atoms with Crippen LogP contribution in [0.3, 0.4) is 0 Å². The molecule has 0 radical (unpaired) electrons. The van der Waals surface area contributed by atoms with E-state index in [2.05, 4.69) is 20.5 Å². The number of halogens is 1. The standard InChI is InChI=1S/C18H15ClN4O2S/c1-11-9-13(19)7-8-14(11)20-15(24)10-26-18-21-17(25)16(22-23-18)12-5-3-2-4-6-12/h2-9H,10H2,1H3,(H,20,24)(H,21,23,25). The number of hydrogen-bond donors (Lipinski definition) is 2. The molecule has 0 unspecified atom stereocenters. The van der Waals surface area contributed by atoms with E-state index in [1.165, 1.54) is 0 Å². The van der Waals surface area contributed by atoms with Gasteiger partial charge in [0, 0.05) is 16.3 Å². The maximum absolute atomic E-state index is 12.2. The number of nitrogens with zero attached hydrogens (tertiary/aromatic N) is 2. The molecule has 132 valence electrons. The van der Waals surface area contributed by atoms with Crippen LogP contribution in [-0.2, 0) is 4.79 Å². The van der Waals surface area contributed by atoms with Crippen LogP contribution in [0.1, 0.15) is 5.56 Å². The number of anilines is 1. The van der Waals surface area contributed by atoms with Crippen molar-refractivity contribution in [2.24, 2.45) is 0 Å². The minimum Gasteiger partial charge on any atom is -0.325 e. The number of rotatable bonds is 5. The zero-order valence-corrected chi connectivity index (χ0v) is 15.4. The van der Waals surface area contributed by atoms with Gasteiger partial charge < -0.3 is 5.32 Å². The molecule has 26 heavy (non-hydrogen) atoms. The Morgan fingerprint density at radius 2 is 1.96 bits per heavy atom. The highest BCUT2D eigenvalue weighted by Gasteiger charge is 2.10. The Hall–Kier alpha value is -2.64. The smallest absolute Gasteiger partial charge is 0.278 e. The van der Waals surface area contributed by atoms with Crippen LogP contribution in [-0.4, -0.2) is 26.8 Å². The highest BCUT2D eigenvalue weighted by atomic mass is 35.5. The van der Waals surface area contributed by atoms with Gasteiger partial charge in [0.25, 0.3) is 5.56 Å². The van der Waals surface area contributed by atoms with Gasteiger partial charge in [0.15, 0.2) is 10.9 Å².